The lowest BCUT2D eigenvalue weighted by molar-refractivity contribution is -0.121. The van der Waals surface area contributed by atoms with Crippen LogP contribution in [-0.4, -0.2) is 18.0 Å². The molecule has 1 aromatic rings. The molecule has 1 unspecified atom stereocenters. The highest BCUT2D eigenvalue weighted by molar-refractivity contribution is 9.09. The van der Waals surface area contributed by atoms with Crippen LogP contribution in [0, 0.1) is 0 Å². The van der Waals surface area contributed by atoms with E-state index < -0.39 is 0 Å². The first-order chi connectivity index (χ1) is 8.20. The van der Waals surface area contributed by atoms with Crippen molar-refractivity contribution in [2.24, 2.45) is 0 Å². The first-order valence-electron chi connectivity index (χ1n) is 5.45. The van der Waals surface area contributed by atoms with Gasteiger partial charge >= 0.3 is 0 Å². The summed E-state index contributed by atoms with van der Waals surface area (Å²) in [6.45, 7) is 2.22. The smallest absolute Gasteiger partial charge is 0.231 e. The topological polar surface area (TPSA) is 47.6 Å². The van der Waals surface area contributed by atoms with E-state index in [9.17, 15) is 4.79 Å². The Kier molecular flexibility index (Phi) is 3.89. The van der Waals surface area contributed by atoms with Gasteiger partial charge in [-0.1, -0.05) is 22.0 Å². The summed E-state index contributed by atoms with van der Waals surface area (Å²) in [6.07, 6.45) is 0.481. The van der Waals surface area contributed by atoms with Gasteiger partial charge in [0.25, 0.3) is 0 Å². The van der Waals surface area contributed by atoms with Crippen molar-refractivity contribution in [1.29, 1.82) is 0 Å². The second-order valence-electron chi connectivity index (χ2n) is 3.84. The number of ether oxygens (including phenoxy) is 2. The SMILES string of the molecule is CC(NC(=O)CCBr)c1ccc2c(c1)OCO2. The summed E-state index contributed by atoms with van der Waals surface area (Å²) in [5, 5.41) is 3.60. The number of fused-ring (bicyclic) bond motifs is 1. The van der Waals surface area contributed by atoms with Crippen molar-refractivity contribution >= 4 is 21.8 Å². The number of nitrogens with one attached hydrogen (secondary N) is 1. The average molecular weight is 300 g/mol. The van der Waals surface area contributed by atoms with Crippen LogP contribution in [0.2, 0.25) is 0 Å². The Morgan fingerprint density at radius 3 is 3.00 bits per heavy atom. The van der Waals surface area contributed by atoms with Gasteiger partial charge in [-0.3, -0.25) is 4.79 Å². The normalized spacial score (nSPS) is 14.5. The van der Waals surface area contributed by atoms with Gasteiger partial charge in [0, 0.05) is 11.8 Å². The lowest BCUT2D eigenvalue weighted by Crippen LogP contribution is -2.26. The second kappa shape index (κ2) is 5.40. The van der Waals surface area contributed by atoms with E-state index in [1.54, 1.807) is 0 Å². The molecule has 0 bridgehead atoms. The summed E-state index contributed by atoms with van der Waals surface area (Å²) >= 11 is 3.24. The molecular weight excluding hydrogens is 286 g/mol. The largest absolute Gasteiger partial charge is 0.454 e. The Morgan fingerprint density at radius 2 is 2.24 bits per heavy atom. The molecule has 0 saturated heterocycles. The summed E-state index contributed by atoms with van der Waals surface area (Å²) in [4.78, 5) is 11.5. The van der Waals surface area contributed by atoms with E-state index in [0.717, 1.165) is 17.1 Å². The van der Waals surface area contributed by atoms with Crippen LogP contribution in [-0.2, 0) is 4.79 Å². The minimum absolute atomic E-state index is 0.0314. The van der Waals surface area contributed by atoms with E-state index in [0.29, 0.717) is 11.8 Å². The fraction of sp³-hybridized carbons (Fsp3) is 0.417. The number of alkyl halides is 1. The molecule has 1 atom stereocenters. The fourth-order valence-electron chi connectivity index (χ4n) is 1.67. The summed E-state index contributed by atoms with van der Waals surface area (Å²) in [5.41, 5.74) is 1.01. The fourth-order valence-corrected chi connectivity index (χ4v) is 2.03. The molecule has 0 fully saturated rings. The zero-order valence-electron chi connectivity index (χ0n) is 9.53. The minimum Gasteiger partial charge on any atom is -0.454 e. The zero-order valence-corrected chi connectivity index (χ0v) is 11.1. The third-order valence-corrected chi connectivity index (χ3v) is 2.99. The van der Waals surface area contributed by atoms with Crippen molar-refractivity contribution in [3.8, 4) is 11.5 Å². The number of halogens is 1. The molecule has 1 aromatic carbocycles. The van der Waals surface area contributed by atoms with Crippen LogP contribution in [0.5, 0.6) is 11.5 Å². The molecule has 0 radical (unpaired) electrons. The summed E-state index contributed by atoms with van der Waals surface area (Å²) in [7, 11) is 0. The van der Waals surface area contributed by atoms with Crippen molar-refractivity contribution in [3.05, 3.63) is 23.8 Å². The molecular formula is C12H14BrNO3. The van der Waals surface area contributed by atoms with Crippen LogP contribution < -0.4 is 14.8 Å². The molecule has 1 aliphatic rings. The Balaban J connectivity index is 2.04. The zero-order chi connectivity index (χ0) is 12.3. The van der Waals surface area contributed by atoms with Crippen LogP contribution in [0.4, 0.5) is 0 Å². The van der Waals surface area contributed by atoms with Crippen molar-refractivity contribution in [1.82, 2.24) is 5.32 Å². The monoisotopic (exact) mass is 299 g/mol. The molecule has 1 N–H and O–H groups in total. The van der Waals surface area contributed by atoms with Crippen LogP contribution in [0.25, 0.3) is 0 Å². The minimum atomic E-state index is -0.0314. The predicted molar refractivity (Wildman–Crippen MR) is 67.5 cm³/mol. The number of rotatable bonds is 4. The van der Waals surface area contributed by atoms with Crippen molar-refractivity contribution in [3.63, 3.8) is 0 Å². The van der Waals surface area contributed by atoms with E-state index >= 15 is 0 Å². The molecule has 1 aliphatic heterocycles. The Bertz CT molecular complexity index is 422. The molecule has 1 heterocycles. The molecule has 2 rings (SSSR count). The lowest BCUT2D eigenvalue weighted by Gasteiger charge is -2.14. The molecule has 4 nitrogen and oxygen atoms in total. The van der Waals surface area contributed by atoms with Crippen molar-refractivity contribution in [2.45, 2.75) is 19.4 Å². The van der Waals surface area contributed by atoms with Gasteiger partial charge in [0.1, 0.15) is 0 Å². The van der Waals surface area contributed by atoms with Gasteiger partial charge in [0.05, 0.1) is 6.04 Å². The van der Waals surface area contributed by atoms with Gasteiger partial charge in [-0.05, 0) is 24.6 Å². The van der Waals surface area contributed by atoms with Gasteiger partial charge in [-0.2, -0.15) is 0 Å². The Hall–Kier alpha value is -1.23. The molecule has 1 amide bonds. The molecule has 17 heavy (non-hydrogen) atoms. The molecule has 0 aliphatic carbocycles. The predicted octanol–water partition coefficient (Wildman–Crippen LogP) is 2.38. The van der Waals surface area contributed by atoms with Crippen molar-refractivity contribution < 1.29 is 14.3 Å². The molecule has 5 heteroatoms. The number of carbonyl (C=O) groups excluding carboxylic acids is 1. The van der Waals surface area contributed by atoms with E-state index in [-0.39, 0.29) is 18.7 Å². The Labute approximate surface area is 108 Å². The van der Waals surface area contributed by atoms with Gasteiger partial charge in [0.15, 0.2) is 11.5 Å². The van der Waals surface area contributed by atoms with Gasteiger partial charge in [-0.25, -0.2) is 0 Å². The summed E-state index contributed by atoms with van der Waals surface area (Å²) < 4.78 is 10.5. The van der Waals surface area contributed by atoms with Gasteiger partial charge in [0.2, 0.25) is 12.7 Å². The van der Waals surface area contributed by atoms with Crippen LogP contribution in [0.1, 0.15) is 24.9 Å². The maximum Gasteiger partial charge on any atom is 0.231 e. The van der Waals surface area contributed by atoms with Crippen molar-refractivity contribution in [2.75, 3.05) is 12.1 Å². The van der Waals surface area contributed by atoms with E-state index in [1.165, 1.54) is 0 Å². The number of amides is 1. The van der Waals surface area contributed by atoms with Gasteiger partial charge in [-0.15, -0.1) is 0 Å². The standard InChI is InChI=1S/C12H14BrNO3/c1-8(14-12(15)4-5-13)9-2-3-10-11(6-9)17-7-16-10/h2-3,6,8H,4-5,7H2,1H3,(H,14,15). The first-order valence-corrected chi connectivity index (χ1v) is 6.57. The first kappa shape index (κ1) is 12.2. The van der Waals surface area contributed by atoms with Crippen LogP contribution in [0.3, 0.4) is 0 Å². The van der Waals surface area contributed by atoms with Crippen LogP contribution in [0.15, 0.2) is 18.2 Å². The van der Waals surface area contributed by atoms with Crippen LogP contribution >= 0.6 is 15.9 Å². The Morgan fingerprint density at radius 1 is 1.47 bits per heavy atom. The maximum absolute atomic E-state index is 11.5. The quantitative estimate of drug-likeness (QED) is 0.869. The van der Waals surface area contributed by atoms with E-state index in [2.05, 4.69) is 21.2 Å². The number of carbonyl (C=O) groups is 1. The highest BCUT2D eigenvalue weighted by Gasteiger charge is 2.16. The average Bonchev–Trinajstić information content (AvgIpc) is 2.75. The maximum atomic E-state index is 11.5. The second-order valence-corrected chi connectivity index (χ2v) is 4.63. The lowest BCUT2D eigenvalue weighted by atomic mass is 10.1. The molecule has 0 aromatic heterocycles. The highest BCUT2D eigenvalue weighted by atomic mass is 79.9. The van der Waals surface area contributed by atoms with Gasteiger partial charge < -0.3 is 14.8 Å². The number of benzene rings is 1. The summed E-state index contributed by atoms with van der Waals surface area (Å²) in [5.74, 6) is 1.53. The van der Waals surface area contributed by atoms with E-state index in [4.69, 9.17) is 9.47 Å². The molecule has 0 saturated carbocycles. The number of hydrogen-bond acceptors (Lipinski definition) is 3. The third-order valence-electron chi connectivity index (χ3n) is 2.60. The molecule has 92 valence electrons. The molecule has 0 spiro atoms. The number of hydrogen-bond donors (Lipinski definition) is 1. The highest BCUT2D eigenvalue weighted by Crippen LogP contribution is 2.34. The summed E-state index contributed by atoms with van der Waals surface area (Å²) in [6, 6.07) is 5.68. The van der Waals surface area contributed by atoms with E-state index in [1.807, 2.05) is 25.1 Å². The third kappa shape index (κ3) is 2.91.